The van der Waals surface area contributed by atoms with Crippen LogP contribution < -0.4 is 17.0 Å². The molecule has 17 nitrogen and oxygen atoms in total. The number of aliphatic hydroxyl groups excluding tert-OH is 2. The standard InChI is InChI=1S/C20H26N7O10PS/c1-33-16-15(10(5-28)36-19(16)26-3-2-12(30)25-20(26)31)37-38(32,39)34-6-11-9(29)4-13(35-11)27-8-24-14-17(21)22-7-23-18(14)27/h2-3,7-11,13,15-16,19,28-29H,4-6H2,1H3,(H,32,39)(H2,21,22,23)(H,25,30,31)/t9-,10+,11+,13+,15+,16+,19+,38?/m0/s1/i39+3. The molecule has 1 unspecified atom stereocenters. The maximum Gasteiger partial charge on any atom is 0.330 e. The maximum absolute atomic E-state index is 12.3. The molecule has 3 aromatic rings. The molecule has 5 heterocycles. The summed E-state index contributed by atoms with van der Waals surface area (Å²) in [4.78, 5) is 48.9. The average molecular weight is 590 g/mol. The second-order valence-corrected chi connectivity index (χ2v) is 11.6. The number of nitrogens with zero attached hydrogens (tertiary/aromatic N) is 5. The molecule has 0 amide bonds. The first-order valence-electron chi connectivity index (χ1n) is 11.6. The molecule has 0 aliphatic carbocycles. The minimum Gasteiger partial charge on any atom is -0.394 e. The van der Waals surface area contributed by atoms with Gasteiger partial charge in [0.1, 0.15) is 42.5 Å². The highest BCUT2D eigenvalue weighted by Crippen LogP contribution is 2.49. The number of nitrogens with two attached hydrogens (primary N) is 1. The summed E-state index contributed by atoms with van der Waals surface area (Å²) in [6, 6.07) is 1.12. The Kier molecular flexibility index (Phi) is 7.93. The molecule has 2 fully saturated rings. The Bertz CT molecular complexity index is 1500. The van der Waals surface area contributed by atoms with Gasteiger partial charge in [-0.15, -0.1) is 0 Å². The maximum atomic E-state index is 12.3. The molecule has 212 valence electrons. The minimum atomic E-state index is -4.02. The number of anilines is 1. The Hall–Kier alpha value is -2.64. The van der Waals surface area contributed by atoms with Crippen LogP contribution in [0.3, 0.4) is 0 Å². The minimum absolute atomic E-state index is 0.170. The zero-order valence-electron chi connectivity index (χ0n) is 20.3. The van der Waals surface area contributed by atoms with Gasteiger partial charge in [0.05, 0.1) is 25.6 Å². The van der Waals surface area contributed by atoms with E-state index >= 15 is 0 Å². The number of H-pyrrole nitrogens is 1. The number of nitrogen functional groups attached to an aromatic ring is 1. The smallest absolute Gasteiger partial charge is 0.330 e. The molecule has 39 heavy (non-hydrogen) atoms. The van der Waals surface area contributed by atoms with Crippen molar-refractivity contribution in [1.29, 1.82) is 0 Å². The van der Waals surface area contributed by atoms with Crippen molar-refractivity contribution in [2.24, 2.45) is 0 Å². The van der Waals surface area contributed by atoms with Crippen LogP contribution in [0.1, 0.15) is 18.9 Å². The van der Waals surface area contributed by atoms with Crippen LogP contribution in [0, 0.1) is 0 Å². The summed E-state index contributed by atoms with van der Waals surface area (Å²) in [6.07, 6.45) is -2.72. The highest BCUT2D eigenvalue weighted by molar-refractivity contribution is 8.07. The molecule has 0 aromatic carbocycles. The van der Waals surface area contributed by atoms with E-state index in [2.05, 4.69) is 19.9 Å². The number of rotatable bonds is 9. The molecule has 19 heteroatoms. The van der Waals surface area contributed by atoms with Crippen molar-refractivity contribution in [1.82, 2.24) is 29.1 Å². The van der Waals surface area contributed by atoms with Crippen molar-refractivity contribution in [2.75, 3.05) is 26.1 Å². The Morgan fingerprint density at radius 3 is 2.74 bits per heavy atom. The van der Waals surface area contributed by atoms with Crippen LogP contribution in [0.4, 0.5) is 5.82 Å². The van der Waals surface area contributed by atoms with Gasteiger partial charge in [-0.05, 0) is 11.8 Å². The lowest BCUT2D eigenvalue weighted by Crippen LogP contribution is -2.40. The number of imidazole rings is 1. The van der Waals surface area contributed by atoms with Crippen LogP contribution in [-0.2, 0) is 35.1 Å². The van der Waals surface area contributed by atoms with Crippen LogP contribution in [0.25, 0.3) is 11.2 Å². The van der Waals surface area contributed by atoms with Crippen LogP contribution in [0.15, 0.2) is 34.5 Å². The zero-order valence-corrected chi connectivity index (χ0v) is 22.1. The fraction of sp³-hybridized carbons (Fsp3) is 0.550. The summed E-state index contributed by atoms with van der Waals surface area (Å²) in [5.74, 6) is 0.203. The van der Waals surface area contributed by atoms with Crippen LogP contribution in [0.5, 0.6) is 0 Å². The molecule has 2 aliphatic rings. The molecular formula is C20H26N7O10PS. The number of methoxy groups -OCH3 is 1. The van der Waals surface area contributed by atoms with Gasteiger partial charge in [0.2, 0.25) is 0 Å². The second kappa shape index (κ2) is 11.1. The fourth-order valence-corrected chi connectivity index (χ4v) is 5.99. The van der Waals surface area contributed by atoms with Gasteiger partial charge in [0, 0.05) is 25.8 Å². The largest absolute Gasteiger partial charge is 0.394 e. The van der Waals surface area contributed by atoms with Crippen LogP contribution >= 0.6 is 6.72 Å². The van der Waals surface area contributed by atoms with Gasteiger partial charge in [-0.2, -0.15) is 0 Å². The molecular weight excluding hydrogens is 564 g/mol. The number of hydrogen-bond donors (Lipinski definition) is 5. The lowest BCUT2D eigenvalue weighted by Gasteiger charge is -2.27. The SMILES string of the molecule is CO[C@@H]1[C@H](OP(O)(=[35S])OC[C@H]2O[C@@H](n3cnc4c(N)ncnc43)C[C@@H]2O)[C@@H](CO)O[C@H]1n1ccc(=O)[nH]c1=O. The molecule has 0 saturated carbocycles. The highest BCUT2D eigenvalue weighted by Gasteiger charge is 2.49. The number of nitrogens with one attached hydrogen (secondary N) is 1. The van der Waals surface area contributed by atoms with Gasteiger partial charge < -0.3 is 39.6 Å². The fourth-order valence-electron chi connectivity index (χ4n) is 4.55. The molecule has 5 rings (SSSR count). The third-order valence-corrected chi connectivity index (χ3v) is 7.98. The van der Waals surface area contributed by atoms with Gasteiger partial charge in [-0.3, -0.25) is 23.4 Å². The third kappa shape index (κ3) is 5.53. The van der Waals surface area contributed by atoms with E-state index in [0.717, 1.165) is 10.6 Å². The van der Waals surface area contributed by atoms with E-state index < -0.39 is 67.6 Å². The first-order chi connectivity index (χ1) is 18.6. The van der Waals surface area contributed by atoms with E-state index in [1.165, 1.54) is 26.0 Å². The van der Waals surface area contributed by atoms with Gasteiger partial charge >= 0.3 is 12.4 Å². The Morgan fingerprint density at radius 2 is 2.03 bits per heavy atom. The van der Waals surface area contributed by atoms with Crippen molar-refractivity contribution in [2.45, 2.75) is 49.4 Å². The van der Waals surface area contributed by atoms with Crippen molar-refractivity contribution in [3.05, 3.63) is 45.8 Å². The molecule has 8 atom stereocenters. The van der Waals surface area contributed by atoms with Gasteiger partial charge in [-0.25, -0.2) is 19.7 Å². The Labute approximate surface area is 224 Å². The number of ether oxygens (including phenoxy) is 3. The number of hydrogen-bond acceptors (Lipinski definition) is 14. The summed E-state index contributed by atoms with van der Waals surface area (Å²) < 4.78 is 30.9. The number of aromatic amines is 1. The van der Waals surface area contributed by atoms with E-state index in [-0.39, 0.29) is 18.8 Å². The highest BCUT2D eigenvalue weighted by atomic mass is 35.1. The van der Waals surface area contributed by atoms with Crippen LogP contribution in [0.2, 0.25) is 0 Å². The topological polar surface area (TPSA) is 231 Å². The van der Waals surface area contributed by atoms with Crippen molar-refractivity contribution >= 4 is 35.5 Å². The van der Waals surface area contributed by atoms with E-state index in [0.29, 0.717) is 11.2 Å². The van der Waals surface area contributed by atoms with E-state index in [9.17, 15) is 24.7 Å². The number of aliphatic hydroxyl groups is 2. The Balaban J connectivity index is 1.26. The monoisotopic (exact) mass is 590 g/mol. The molecule has 0 spiro atoms. The number of fused-ring (bicyclic) bond motifs is 1. The first-order valence-corrected chi connectivity index (χ1v) is 14.2. The summed E-state index contributed by atoms with van der Waals surface area (Å²) >= 11 is 5.17. The van der Waals surface area contributed by atoms with Crippen molar-refractivity contribution < 1.29 is 38.4 Å². The molecule has 3 aromatic heterocycles. The lowest BCUT2D eigenvalue weighted by molar-refractivity contribution is -0.0625. The molecule has 0 bridgehead atoms. The summed E-state index contributed by atoms with van der Waals surface area (Å²) in [5, 5.41) is 20.4. The first kappa shape index (κ1) is 27.9. The Morgan fingerprint density at radius 1 is 1.23 bits per heavy atom. The average Bonchev–Trinajstić information content (AvgIpc) is 3.58. The van der Waals surface area contributed by atoms with Crippen molar-refractivity contribution in [3.8, 4) is 0 Å². The molecule has 0 radical (unpaired) electrons. The quantitative estimate of drug-likeness (QED) is 0.172. The normalized spacial score (nSPS) is 30.6. The predicted octanol–water partition coefficient (Wildman–Crippen LogP) is -1.87. The summed E-state index contributed by atoms with van der Waals surface area (Å²) in [5.41, 5.74) is 5.27. The number of aromatic nitrogens is 6. The van der Waals surface area contributed by atoms with Gasteiger partial charge in [-0.1, -0.05) is 0 Å². The van der Waals surface area contributed by atoms with Gasteiger partial charge in [0.25, 0.3) is 5.56 Å². The van der Waals surface area contributed by atoms with E-state index in [4.69, 9.17) is 40.8 Å². The third-order valence-electron chi connectivity index (χ3n) is 6.42. The van der Waals surface area contributed by atoms with Gasteiger partial charge in [0.15, 0.2) is 17.7 Å². The zero-order chi connectivity index (χ0) is 27.9. The van der Waals surface area contributed by atoms with E-state index in [1.807, 2.05) is 0 Å². The summed E-state index contributed by atoms with van der Waals surface area (Å²) in [7, 11) is 1.32. The van der Waals surface area contributed by atoms with Crippen LogP contribution in [-0.4, -0.2) is 95.0 Å². The molecule has 2 saturated heterocycles. The predicted molar refractivity (Wildman–Crippen MR) is 135 cm³/mol. The van der Waals surface area contributed by atoms with E-state index in [1.54, 1.807) is 4.57 Å². The summed E-state index contributed by atoms with van der Waals surface area (Å²) in [6.45, 7) is -4.90. The lowest BCUT2D eigenvalue weighted by atomic mass is 10.1. The van der Waals surface area contributed by atoms with Crippen molar-refractivity contribution in [3.63, 3.8) is 0 Å². The molecule has 6 N–H and O–H groups in total. The second-order valence-electron chi connectivity index (χ2n) is 8.81. The molecule has 2 aliphatic heterocycles.